The van der Waals surface area contributed by atoms with Crippen molar-refractivity contribution in [3.05, 3.63) is 90.0 Å². The molecule has 2 amide bonds. The molecule has 32 heavy (non-hydrogen) atoms. The number of piperazine rings is 1. The quantitative estimate of drug-likeness (QED) is 0.590. The Hall–Kier alpha value is -3.59. The monoisotopic (exact) mass is 450 g/mol. The molecule has 164 valence electrons. The number of amides is 2. The highest BCUT2D eigenvalue weighted by Crippen LogP contribution is 2.18. The lowest BCUT2D eigenvalue weighted by Crippen LogP contribution is -2.50. The third-order valence-electron chi connectivity index (χ3n) is 5.30. The van der Waals surface area contributed by atoms with E-state index in [0.29, 0.717) is 37.3 Å². The maximum absolute atomic E-state index is 12.8. The van der Waals surface area contributed by atoms with Gasteiger partial charge in [0.25, 0.3) is 11.8 Å². The van der Waals surface area contributed by atoms with E-state index < -0.39 is 9.84 Å². The van der Waals surface area contributed by atoms with Crippen LogP contribution in [0.2, 0.25) is 0 Å². The van der Waals surface area contributed by atoms with Crippen molar-refractivity contribution < 1.29 is 18.0 Å². The van der Waals surface area contributed by atoms with Crippen molar-refractivity contribution in [1.82, 2.24) is 19.8 Å². The second-order valence-corrected chi connectivity index (χ2v) is 9.43. The molecule has 1 aliphatic rings. The molecule has 0 unspecified atom stereocenters. The molecule has 8 nitrogen and oxygen atoms in total. The van der Waals surface area contributed by atoms with Crippen molar-refractivity contribution in [3.63, 3.8) is 0 Å². The Labute approximate surface area is 186 Å². The molecular weight excluding hydrogens is 428 g/mol. The van der Waals surface area contributed by atoms with Crippen LogP contribution in [0.1, 0.15) is 26.4 Å². The van der Waals surface area contributed by atoms with E-state index >= 15 is 0 Å². The van der Waals surface area contributed by atoms with E-state index in [-0.39, 0.29) is 28.2 Å². The van der Waals surface area contributed by atoms with Crippen LogP contribution in [0, 0.1) is 0 Å². The summed E-state index contributed by atoms with van der Waals surface area (Å²) in [5, 5.41) is 0. The van der Waals surface area contributed by atoms with Crippen LogP contribution in [0.15, 0.2) is 78.1 Å². The largest absolute Gasteiger partial charge is 0.335 e. The molecule has 2 aromatic carbocycles. The van der Waals surface area contributed by atoms with Crippen molar-refractivity contribution in [1.29, 1.82) is 0 Å². The summed E-state index contributed by atoms with van der Waals surface area (Å²) < 4.78 is 25.1. The summed E-state index contributed by atoms with van der Waals surface area (Å²) in [5.41, 5.74) is 1.39. The smallest absolute Gasteiger partial charge is 0.274 e. The first-order valence-electron chi connectivity index (χ1n) is 10.2. The van der Waals surface area contributed by atoms with Gasteiger partial charge in [0.2, 0.25) is 0 Å². The van der Waals surface area contributed by atoms with Gasteiger partial charge in [-0.25, -0.2) is 13.4 Å². The van der Waals surface area contributed by atoms with E-state index in [2.05, 4.69) is 9.97 Å². The molecule has 1 aromatic heterocycles. The molecule has 0 aliphatic carbocycles. The van der Waals surface area contributed by atoms with Crippen LogP contribution in [0.5, 0.6) is 0 Å². The standard InChI is InChI=1S/C23H22N4O4S/c28-22(26-12-14-27(15-13-26)23(29)21-16-24-10-11-25-21)19-8-6-18(7-9-19)17-32(30,31)20-4-2-1-3-5-20/h1-11,16H,12-15,17H2. The fraction of sp³-hybridized carbons (Fsp3) is 0.217. The molecule has 2 heterocycles. The molecular formula is C23H22N4O4S. The Bertz CT molecular complexity index is 1190. The minimum atomic E-state index is -3.45. The molecule has 1 aliphatic heterocycles. The second-order valence-electron chi connectivity index (χ2n) is 7.44. The van der Waals surface area contributed by atoms with Gasteiger partial charge in [-0.2, -0.15) is 0 Å². The number of sulfone groups is 1. The van der Waals surface area contributed by atoms with E-state index in [1.807, 2.05) is 0 Å². The van der Waals surface area contributed by atoms with Crippen molar-refractivity contribution in [2.75, 3.05) is 26.2 Å². The Morgan fingerprint density at radius 3 is 2.03 bits per heavy atom. The summed E-state index contributed by atoms with van der Waals surface area (Å²) in [7, 11) is -3.45. The van der Waals surface area contributed by atoms with E-state index in [1.165, 1.54) is 18.6 Å². The molecule has 1 fully saturated rings. The Balaban J connectivity index is 1.36. The summed E-state index contributed by atoms with van der Waals surface area (Å²) >= 11 is 0. The lowest BCUT2D eigenvalue weighted by molar-refractivity contribution is 0.0532. The third-order valence-corrected chi connectivity index (χ3v) is 7.00. The Morgan fingerprint density at radius 1 is 0.812 bits per heavy atom. The summed E-state index contributed by atoms with van der Waals surface area (Å²) in [6.07, 6.45) is 4.41. The van der Waals surface area contributed by atoms with Gasteiger partial charge in [-0.05, 0) is 29.8 Å². The Kier molecular flexibility index (Phi) is 6.27. The highest BCUT2D eigenvalue weighted by Gasteiger charge is 2.26. The van der Waals surface area contributed by atoms with Crippen LogP contribution >= 0.6 is 0 Å². The van der Waals surface area contributed by atoms with Gasteiger partial charge in [-0.1, -0.05) is 30.3 Å². The Morgan fingerprint density at radius 2 is 1.44 bits per heavy atom. The molecule has 0 atom stereocenters. The molecule has 0 N–H and O–H groups in total. The normalized spacial score (nSPS) is 14.2. The highest BCUT2D eigenvalue weighted by molar-refractivity contribution is 7.90. The van der Waals surface area contributed by atoms with Crippen molar-refractivity contribution in [3.8, 4) is 0 Å². The van der Waals surface area contributed by atoms with Gasteiger partial charge in [-0.15, -0.1) is 0 Å². The van der Waals surface area contributed by atoms with Gasteiger partial charge >= 0.3 is 0 Å². The third kappa shape index (κ3) is 4.83. The molecule has 0 spiro atoms. The minimum absolute atomic E-state index is 0.130. The number of carbonyl (C=O) groups excluding carboxylic acids is 2. The number of hydrogen-bond acceptors (Lipinski definition) is 6. The number of carbonyl (C=O) groups is 2. The molecule has 3 aromatic rings. The fourth-order valence-electron chi connectivity index (χ4n) is 3.54. The summed E-state index contributed by atoms with van der Waals surface area (Å²) in [6.45, 7) is 1.65. The fourth-order valence-corrected chi connectivity index (χ4v) is 4.91. The van der Waals surface area contributed by atoms with E-state index in [1.54, 1.807) is 64.4 Å². The van der Waals surface area contributed by atoms with E-state index in [9.17, 15) is 18.0 Å². The zero-order chi connectivity index (χ0) is 22.6. The van der Waals surface area contributed by atoms with Crippen molar-refractivity contribution >= 4 is 21.7 Å². The maximum Gasteiger partial charge on any atom is 0.274 e. The average Bonchev–Trinajstić information content (AvgIpc) is 2.84. The molecule has 1 saturated heterocycles. The van der Waals surface area contributed by atoms with Crippen LogP contribution in [-0.2, 0) is 15.6 Å². The first-order chi connectivity index (χ1) is 15.4. The van der Waals surface area contributed by atoms with Crippen LogP contribution in [0.25, 0.3) is 0 Å². The van der Waals surface area contributed by atoms with Gasteiger partial charge in [0.05, 0.1) is 16.8 Å². The first kappa shape index (κ1) is 21.6. The summed E-state index contributed by atoms with van der Waals surface area (Å²) in [6, 6.07) is 14.9. The zero-order valence-electron chi connectivity index (χ0n) is 17.3. The number of hydrogen-bond donors (Lipinski definition) is 0. The molecule has 0 saturated carbocycles. The van der Waals surface area contributed by atoms with Gasteiger partial charge in [-0.3, -0.25) is 14.6 Å². The van der Waals surface area contributed by atoms with Crippen molar-refractivity contribution in [2.45, 2.75) is 10.6 Å². The summed E-state index contributed by atoms with van der Waals surface area (Å²) in [5.74, 6) is -0.475. The number of nitrogens with zero attached hydrogens (tertiary/aromatic N) is 4. The molecule has 0 bridgehead atoms. The van der Waals surface area contributed by atoms with Gasteiger partial charge < -0.3 is 9.80 Å². The van der Waals surface area contributed by atoms with Crippen molar-refractivity contribution in [2.24, 2.45) is 0 Å². The van der Waals surface area contributed by atoms with E-state index in [0.717, 1.165) is 0 Å². The highest BCUT2D eigenvalue weighted by atomic mass is 32.2. The maximum atomic E-state index is 12.8. The number of benzene rings is 2. The van der Waals surface area contributed by atoms with Gasteiger partial charge in [0.1, 0.15) is 5.69 Å². The van der Waals surface area contributed by atoms with Crippen LogP contribution in [0.4, 0.5) is 0 Å². The predicted octanol–water partition coefficient (Wildman–Crippen LogP) is 2.05. The zero-order valence-corrected chi connectivity index (χ0v) is 18.1. The molecule has 9 heteroatoms. The lowest BCUT2D eigenvalue weighted by atomic mass is 10.1. The topological polar surface area (TPSA) is 101 Å². The average molecular weight is 451 g/mol. The number of aromatic nitrogens is 2. The molecule has 0 radical (unpaired) electrons. The SMILES string of the molecule is O=C(c1ccc(CS(=O)(=O)c2ccccc2)cc1)N1CCN(C(=O)c2cnccn2)CC1. The molecule has 4 rings (SSSR count). The second kappa shape index (κ2) is 9.27. The van der Waals surface area contributed by atoms with Crippen LogP contribution in [0.3, 0.4) is 0 Å². The number of rotatable bonds is 5. The predicted molar refractivity (Wildman–Crippen MR) is 118 cm³/mol. The van der Waals surface area contributed by atoms with Crippen LogP contribution in [-0.4, -0.2) is 66.2 Å². The van der Waals surface area contributed by atoms with Gasteiger partial charge in [0.15, 0.2) is 9.84 Å². The van der Waals surface area contributed by atoms with Gasteiger partial charge in [0, 0.05) is 44.1 Å². The first-order valence-corrected chi connectivity index (χ1v) is 11.8. The minimum Gasteiger partial charge on any atom is -0.335 e. The van der Waals surface area contributed by atoms with Crippen LogP contribution < -0.4 is 0 Å². The van der Waals surface area contributed by atoms with E-state index in [4.69, 9.17) is 0 Å². The summed E-state index contributed by atoms with van der Waals surface area (Å²) in [4.78, 5) is 36.9. The lowest BCUT2D eigenvalue weighted by Gasteiger charge is -2.34.